The van der Waals surface area contributed by atoms with Crippen LogP contribution in [0.3, 0.4) is 0 Å². The molecular formula is C20H25N3O2. The van der Waals surface area contributed by atoms with Gasteiger partial charge in [0.05, 0.1) is 7.11 Å². The van der Waals surface area contributed by atoms with Crippen LogP contribution in [0.5, 0.6) is 5.75 Å². The third-order valence-corrected chi connectivity index (χ3v) is 4.54. The Labute approximate surface area is 149 Å². The van der Waals surface area contributed by atoms with Crippen LogP contribution in [-0.2, 0) is 19.5 Å². The average molecular weight is 339 g/mol. The van der Waals surface area contributed by atoms with Gasteiger partial charge in [-0.05, 0) is 47.7 Å². The van der Waals surface area contributed by atoms with Gasteiger partial charge in [-0.1, -0.05) is 24.3 Å². The summed E-state index contributed by atoms with van der Waals surface area (Å²) < 4.78 is 5.19. The summed E-state index contributed by atoms with van der Waals surface area (Å²) in [6.45, 7) is 2.11. The monoisotopic (exact) mass is 339 g/mol. The Morgan fingerprint density at radius 2 is 1.88 bits per heavy atom. The van der Waals surface area contributed by atoms with Crippen molar-refractivity contribution in [2.75, 3.05) is 25.6 Å². The number of fused-ring (bicyclic) bond motifs is 1. The predicted octanol–water partition coefficient (Wildman–Crippen LogP) is 3.08. The van der Waals surface area contributed by atoms with E-state index in [0.717, 1.165) is 29.8 Å². The SMILES string of the molecule is COc1cccc(CNC(=O)NCc2ccc3c(c2)CCCN3C)c1. The molecule has 3 rings (SSSR count). The lowest BCUT2D eigenvalue weighted by Gasteiger charge is -2.27. The molecule has 2 aromatic carbocycles. The second-order valence-electron chi connectivity index (χ2n) is 6.38. The predicted molar refractivity (Wildman–Crippen MR) is 100 cm³/mol. The molecule has 0 unspecified atom stereocenters. The first-order valence-electron chi connectivity index (χ1n) is 8.63. The number of amides is 2. The first-order valence-corrected chi connectivity index (χ1v) is 8.63. The van der Waals surface area contributed by atoms with Crippen molar-refractivity contribution in [1.29, 1.82) is 0 Å². The Kier molecular flexibility index (Phi) is 5.43. The van der Waals surface area contributed by atoms with E-state index in [2.05, 4.69) is 40.8 Å². The highest BCUT2D eigenvalue weighted by molar-refractivity contribution is 5.73. The van der Waals surface area contributed by atoms with Gasteiger partial charge >= 0.3 is 6.03 Å². The minimum Gasteiger partial charge on any atom is -0.497 e. The number of benzene rings is 2. The second kappa shape index (κ2) is 7.92. The van der Waals surface area contributed by atoms with Gasteiger partial charge in [0.2, 0.25) is 0 Å². The Hall–Kier alpha value is -2.69. The van der Waals surface area contributed by atoms with Gasteiger partial charge in [-0.3, -0.25) is 0 Å². The minimum atomic E-state index is -0.169. The number of hydrogen-bond acceptors (Lipinski definition) is 3. The number of ether oxygens (including phenoxy) is 1. The summed E-state index contributed by atoms with van der Waals surface area (Å²) in [5, 5.41) is 5.80. The van der Waals surface area contributed by atoms with E-state index in [0.29, 0.717) is 13.1 Å². The molecule has 25 heavy (non-hydrogen) atoms. The smallest absolute Gasteiger partial charge is 0.315 e. The quantitative estimate of drug-likeness (QED) is 0.880. The number of carbonyl (C=O) groups excluding carboxylic acids is 1. The van der Waals surface area contributed by atoms with Crippen molar-refractivity contribution in [1.82, 2.24) is 10.6 Å². The summed E-state index contributed by atoms with van der Waals surface area (Å²) >= 11 is 0. The molecule has 0 aliphatic carbocycles. The molecule has 2 amide bonds. The lowest BCUT2D eigenvalue weighted by molar-refractivity contribution is 0.240. The van der Waals surface area contributed by atoms with Crippen molar-refractivity contribution < 1.29 is 9.53 Å². The van der Waals surface area contributed by atoms with Crippen LogP contribution in [0.25, 0.3) is 0 Å². The molecule has 2 aromatic rings. The number of nitrogens with zero attached hydrogens (tertiary/aromatic N) is 1. The van der Waals surface area contributed by atoms with Gasteiger partial charge in [-0.2, -0.15) is 0 Å². The molecule has 0 radical (unpaired) electrons. The van der Waals surface area contributed by atoms with E-state index in [9.17, 15) is 4.79 Å². The van der Waals surface area contributed by atoms with E-state index in [1.165, 1.54) is 17.7 Å². The van der Waals surface area contributed by atoms with Crippen molar-refractivity contribution in [3.05, 3.63) is 59.2 Å². The van der Waals surface area contributed by atoms with Crippen LogP contribution in [0.1, 0.15) is 23.1 Å². The van der Waals surface area contributed by atoms with E-state index in [4.69, 9.17) is 4.74 Å². The Morgan fingerprint density at radius 3 is 2.64 bits per heavy atom. The van der Waals surface area contributed by atoms with Gasteiger partial charge in [0, 0.05) is 32.4 Å². The van der Waals surface area contributed by atoms with Crippen LogP contribution < -0.4 is 20.3 Å². The summed E-state index contributed by atoms with van der Waals surface area (Å²) in [4.78, 5) is 14.3. The van der Waals surface area contributed by atoms with Gasteiger partial charge in [0.1, 0.15) is 5.75 Å². The highest BCUT2D eigenvalue weighted by atomic mass is 16.5. The third kappa shape index (κ3) is 4.44. The molecule has 2 N–H and O–H groups in total. The van der Waals surface area contributed by atoms with Crippen LogP contribution in [0, 0.1) is 0 Å². The topological polar surface area (TPSA) is 53.6 Å². The number of carbonyl (C=O) groups is 1. The molecule has 132 valence electrons. The largest absolute Gasteiger partial charge is 0.497 e. The molecule has 1 aliphatic heterocycles. The standard InChI is InChI=1S/C20H25N3O2/c1-23-10-4-6-17-11-16(8-9-19(17)23)14-22-20(24)21-13-15-5-3-7-18(12-15)25-2/h3,5,7-9,11-12H,4,6,10,13-14H2,1-2H3,(H2,21,22,24). The maximum Gasteiger partial charge on any atom is 0.315 e. The zero-order valence-corrected chi connectivity index (χ0v) is 14.8. The van der Waals surface area contributed by atoms with E-state index in [1.54, 1.807) is 7.11 Å². The molecule has 0 bridgehead atoms. The maximum absolute atomic E-state index is 12.0. The summed E-state index contributed by atoms with van der Waals surface area (Å²) in [5.41, 5.74) is 4.80. The molecule has 0 aromatic heterocycles. The van der Waals surface area contributed by atoms with Gasteiger partial charge in [-0.15, -0.1) is 0 Å². The number of hydrogen-bond donors (Lipinski definition) is 2. The first kappa shape index (κ1) is 17.1. The van der Waals surface area contributed by atoms with Crippen molar-refractivity contribution in [2.24, 2.45) is 0 Å². The molecule has 0 atom stereocenters. The number of nitrogens with one attached hydrogen (secondary N) is 2. The van der Waals surface area contributed by atoms with Gasteiger partial charge in [0.25, 0.3) is 0 Å². The Balaban J connectivity index is 1.50. The lowest BCUT2D eigenvalue weighted by atomic mass is 9.99. The van der Waals surface area contributed by atoms with Crippen molar-refractivity contribution >= 4 is 11.7 Å². The summed E-state index contributed by atoms with van der Waals surface area (Å²) in [7, 11) is 3.76. The van der Waals surface area contributed by atoms with Gasteiger partial charge < -0.3 is 20.3 Å². The lowest BCUT2D eigenvalue weighted by Crippen LogP contribution is -2.34. The zero-order chi connectivity index (χ0) is 17.6. The number of methoxy groups -OCH3 is 1. The van der Waals surface area contributed by atoms with Crippen LogP contribution in [0.15, 0.2) is 42.5 Å². The summed E-state index contributed by atoms with van der Waals surface area (Å²) in [6.07, 6.45) is 2.29. The highest BCUT2D eigenvalue weighted by Crippen LogP contribution is 2.26. The van der Waals surface area contributed by atoms with E-state index in [1.807, 2.05) is 24.3 Å². The van der Waals surface area contributed by atoms with E-state index < -0.39 is 0 Å². The molecule has 1 heterocycles. The van der Waals surface area contributed by atoms with E-state index in [-0.39, 0.29) is 6.03 Å². The fourth-order valence-electron chi connectivity index (χ4n) is 3.16. The Bertz CT molecular complexity index is 745. The van der Waals surface area contributed by atoms with Crippen molar-refractivity contribution in [3.63, 3.8) is 0 Å². The first-order chi connectivity index (χ1) is 12.2. The van der Waals surface area contributed by atoms with Gasteiger partial charge in [0.15, 0.2) is 0 Å². The van der Waals surface area contributed by atoms with Crippen LogP contribution in [0.4, 0.5) is 10.5 Å². The van der Waals surface area contributed by atoms with Crippen molar-refractivity contribution in [2.45, 2.75) is 25.9 Å². The van der Waals surface area contributed by atoms with Crippen molar-refractivity contribution in [3.8, 4) is 5.75 Å². The third-order valence-electron chi connectivity index (χ3n) is 4.54. The number of urea groups is 1. The fraction of sp³-hybridized carbons (Fsp3) is 0.350. The van der Waals surface area contributed by atoms with E-state index >= 15 is 0 Å². The van der Waals surface area contributed by atoms with Crippen LogP contribution in [-0.4, -0.2) is 26.7 Å². The normalized spacial score (nSPS) is 13.1. The number of anilines is 1. The van der Waals surface area contributed by atoms with Crippen LogP contribution in [0.2, 0.25) is 0 Å². The summed E-state index contributed by atoms with van der Waals surface area (Å²) in [6, 6.07) is 14.0. The average Bonchev–Trinajstić information content (AvgIpc) is 2.65. The highest BCUT2D eigenvalue weighted by Gasteiger charge is 2.13. The summed E-state index contributed by atoms with van der Waals surface area (Å²) in [5.74, 6) is 0.790. The Morgan fingerprint density at radius 1 is 1.12 bits per heavy atom. The molecule has 5 heteroatoms. The molecule has 0 saturated heterocycles. The minimum absolute atomic E-state index is 0.169. The zero-order valence-electron chi connectivity index (χ0n) is 14.8. The molecule has 0 saturated carbocycles. The molecule has 5 nitrogen and oxygen atoms in total. The van der Waals surface area contributed by atoms with Crippen LogP contribution >= 0.6 is 0 Å². The molecule has 0 spiro atoms. The fourth-order valence-corrected chi connectivity index (χ4v) is 3.16. The molecule has 0 fully saturated rings. The molecular weight excluding hydrogens is 314 g/mol. The second-order valence-corrected chi connectivity index (χ2v) is 6.38. The van der Waals surface area contributed by atoms with Gasteiger partial charge in [-0.25, -0.2) is 4.79 Å². The number of rotatable bonds is 5. The number of aryl methyl sites for hydroxylation is 1. The maximum atomic E-state index is 12.0. The molecule has 1 aliphatic rings.